The number of nitrogens with zero attached hydrogens (tertiary/aromatic N) is 1. The lowest BCUT2D eigenvalue weighted by Crippen LogP contribution is -2.33. The molecule has 1 unspecified atom stereocenters. The predicted octanol–water partition coefficient (Wildman–Crippen LogP) is 1.46. The van der Waals surface area contributed by atoms with Crippen LogP contribution >= 0.6 is 0 Å². The van der Waals surface area contributed by atoms with E-state index in [0.717, 1.165) is 10.7 Å². The van der Waals surface area contributed by atoms with Gasteiger partial charge in [0, 0.05) is 12.2 Å². The maximum atomic E-state index is 12.2. The highest BCUT2D eigenvalue weighted by atomic mass is 32.2. The maximum absolute atomic E-state index is 12.2. The number of carbonyl (C=O) groups excluding carboxylic acids is 1. The molecule has 0 aliphatic carbocycles. The molecule has 2 N–H and O–H groups in total. The molecule has 0 fully saturated rings. The minimum atomic E-state index is -3.69. The average Bonchev–Trinajstić information content (AvgIpc) is 2.50. The zero-order valence-electron chi connectivity index (χ0n) is 10.4. The average molecular weight is 268 g/mol. The Morgan fingerprint density at radius 1 is 1.39 bits per heavy atom. The first-order chi connectivity index (χ1) is 8.37. The minimum Gasteiger partial charge on any atom is -0.399 e. The van der Waals surface area contributed by atoms with Gasteiger partial charge in [0.15, 0.2) is 0 Å². The van der Waals surface area contributed by atoms with Crippen LogP contribution in [0, 0.1) is 5.92 Å². The second-order valence-electron chi connectivity index (χ2n) is 4.61. The molecule has 1 aliphatic heterocycles. The van der Waals surface area contributed by atoms with Crippen LogP contribution in [0.15, 0.2) is 23.1 Å². The number of sulfonamides is 1. The Labute approximate surface area is 107 Å². The third-order valence-corrected chi connectivity index (χ3v) is 5.01. The summed E-state index contributed by atoms with van der Waals surface area (Å²) < 4.78 is 25.4. The Bertz CT molecular complexity index is 595. The van der Waals surface area contributed by atoms with Crippen LogP contribution in [0.3, 0.4) is 0 Å². The van der Waals surface area contributed by atoms with Gasteiger partial charge in [-0.25, -0.2) is 12.7 Å². The molecule has 1 aromatic rings. The van der Waals surface area contributed by atoms with Gasteiger partial charge in [-0.2, -0.15) is 0 Å². The number of carbonyl (C=O) groups is 1. The van der Waals surface area contributed by atoms with E-state index in [2.05, 4.69) is 0 Å². The molecule has 1 aliphatic rings. The van der Waals surface area contributed by atoms with Crippen molar-refractivity contribution in [1.29, 1.82) is 0 Å². The quantitative estimate of drug-likeness (QED) is 0.841. The second-order valence-corrected chi connectivity index (χ2v) is 6.44. The van der Waals surface area contributed by atoms with Crippen LogP contribution in [0.4, 0.5) is 5.69 Å². The molecule has 1 aromatic carbocycles. The van der Waals surface area contributed by atoms with E-state index in [1.54, 1.807) is 0 Å². The van der Waals surface area contributed by atoms with Gasteiger partial charge in [0.2, 0.25) is 0 Å². The van der Waals surface area contributed by atoms with Crippen molar-refractivity contribution < 1.29 is 13.2 Å². The van der Waals surface area contributed by atoms with E-state index in [1.807, 2.05) is 13.8 Å². The Morgan fingerprint density at radius 2 is 2.06 bits per heavy atom. The molecule has 0 saturated heterocycles. The van der Waals surface area contributed by atoms with Gasteiger partial charge in [0.25, 0.3) is 15.9 Å². The summed E-state index contributed by atoms with van der Waals surface area (Å²) in [5.41, 5.74) is 6.16. The number of nitrogens with two attached hydrogens (primary N) is 1. The van der Waals surface area contributed by atoms with E-state index in [4.69, 9.17) is 5.73 Å². The summed E-state index contributed by atoms with van der Waals surface area (Å²) in [5.74, 6) is -0.340. The third kappa shape index (κ3) is 1.86. The zero-order valence-corrected chi connectivity index (χ0v) is 11.2. The van der Waals surface area contributed by atoms with Gasteiger partial charge in [-0.1, -0.05) is 20.3 Å². The first-order valence-corrected chi connectivity index (χ1v) is 7.28. The van der Waals surface area contributed by atoms with Crippen molar-refractivity contribution in [2.24, 2.45) is 5.92 Å². The standard InChI is InChI=1S/C12H16N2O3S/c1-3-8(2)7-14-12(15)10-6-9(13)4-5-11(10)18(14,16)17/h4-6,8H,3,7,13H2,1-2H3. The molecule has 1 heterocycles. The predicted molar refractivity (Wildman–Crippen MR) is 68.5 cm³/mol. The molecular weight excluding hydrogens is 252 g/mol. The highest BCUT2D eigenvalue weighted by Crippen LogP contribution is 2.32. The minimum absolute atomic E-state index is 0.0602. The van der Waals surface area contributed by atoms with E-state index in [9.17, 15) is 13.2 Å². The summed E-state index contributed by atoms with van der Waals surface area (Å²) in [6.07, 6.45) is 0.817. The SMILES string of the molecule is CCC(C)CN1C(=O)c2cc(N)ccc2S1(=O)=O. The van der Waals surface area contributed by atoms with E-state index in [0.29, 0.717) is 5.69 Å². The number of rotatable bonds is 3. The van der Waals surface area contributed by atoms with Crippen LogP contribution in [-0.4, -0.2) is 25.2 Å². The summed E-state index contributed by atoms with van der Waals surface area (Å²) in [4.78, 5) is 12.2. The van der Waals surface area contributed by atoms with Crippen LogP contribution in [0.1, 0.15) is 30.6 Å². The fourth-order valence-electron chi connectivity index (χ4n) is 1.90. The molecule has 1 atom stereocenters. The lowest BCUT2D eigenvalue weighted by atomic mass is 10.1. The molecule has 0 aromatic heterocycles. The Morgan fingerprint density at radius 3 is 2.67 bits per heavy atom. The molecule has 0 radical (unpaired) electrons. The Balaban J connectivity index is 2.48. The fourth-order valence-corrected chi connectivity index (χ4v) is 3.56. The van der Waals surface area contributed by atoms with E-state index in [-0.39, 0.29) is 22.9 Å². The number of hydrogen-bond acceptors (Lipinski definition) is 4. The highest BCUT2D eigenvalue weighted by Gasteiger charge is 2.41. The van der Waals surface area contributed by atoms with Crippen LogP contribution in [0.25, 0.3) is 0 Å². The van der Waals surface area contributed by atoms with Crippen molar-refractivity contribution in [2.75, 3.05) is 12.3 Å². The van der Waals surface area contributed by atoms with Gasteiger partial charge >= 0.3 is 0 Å². The van der Waals surface area contributed by atoms with Crippen LogP contribution in [-0.2, 0) is 10.0 Å². The van der Waals surface area contributed by atoms with E-state index in [1.165, 1.54) is 18.2 Å². The van der Waals surface area contributed by atoms with Gasteiger partial charge in [-0.05, 0) is 24.1 Å². The van der Waals surface area contributed by atoms with Gasteiger partial charge in [-0.15, -0.1) is 0 Å². The zero-order chi connectivity index (χ0) is 13.5. The second kappa shape index (κ2) is 4.28. The van der Waals surface area contributed by atoms with Gasteiger partial charge in [0.05, 0.1) is 5.56 Å². The first kappa shape index (κ1) is 12.9. The van der Waals surface area contributed by atoms with Gasteiger partial charge in [0.1, 0.15) is 4.90 Å². The smallest absolute Gasteiger partial charge is 0.269 e. The van der Waals surface area contributed by atoms with Crippen LogP contribution in [0.2, 0.25) is 0 Å². The first-order valence-electron chi connectivity index (χ1n) is 5.84. The summed E-state index contributed by atoms with van der Waals surface area (Å²) in [6, 6.07) is 4.32. The topological polar surface area (TPSA) is 80.5 Å². The molecule has 18 heavy (non-hydrogen) atoms. The van der Waals surface area contributed by atoms with Gasteiger partial charge < -0.3 is 5.73 Å². The highest BCUT2D eigenvalue weighted by molar-refractivity contribution is 7.90. The normalized spacial score (nSPS) is 18.8. The van der Waals surface area contributed by atoms with Crippen LogP contribution in [0.5, 0.6) is 0 Å². The summed E-state index contributed by atoms with van der Waals surface area (Å²) >= 11 is 0. The lowest BCUT2D eigenvalue weighted by molar-refractivity contribution is 0.0858. The van der Waals surface area contributed by atoms with Crippen molar-refractivity contribution in [2.45, 2.75) is 25.2 Å². The van der Waals surface area contributed by atoms with E-state index < -0.39 is 15.9 Å². The largest absolute Gasteiger partial charge is 0.399 e. The number of amides is 1. The lowest BCUT2D eigenvalue weighted by Gasteiger charge is -2.18. The van der Waals surface area contributed by atoms with Gasteiger partial charge in [-0.3, -0.25) is 4.79 Å². The third-order valence-electron chi connectivity index (χ3n) is 3.20. The molecule has 0 spiro atoms. The number of benzene rings is 1. The number of fused-ring (bicyclic) bond motifs is 1. The number of hydrogen-bond donors (Lipinski definition) is 1. The Hall–Kier alpha value is -1.56. The van der Waals surface area contributed by atoms with Crippen molar-refractivity contribution in [3.05, 3.63) is 23.8 Å². The summed E-state index contributed by atoms with van der Waals surface area (Å²) in [6.45, 7) is 4.09. The van der Waals surface area contributed by atoms with Crippen LogP contribution < -0.4 is 5.73 Å². The summed E-state index contributed by atoms with van der Waals surface area (Å²) in [7, 11) is -3.69. The molecule has 2 rings (SSSR count). The van der Waals surface area contributed by atoms with Crippen molar-refractivity contribution in [1.82, 2.24) is 4.31 Å². The molecule has 6 heteroatoms. The number of nitrogen functional groups attached to an aromatic ring is 1. The van der Waals surface area contributed by atoms with Crippen molar-refractivity contribution in [3.8, 4) is 0 Å². The Kier molecular flexibility index (Phi) is 3.06. The molecule has 98 valence electrons. The molecule has 0 bridgehead atoms. The summed E-state index contributed by atoms with van der Waals surface area (Å²) in [5, 5.41) is 0. The van der Waals surface area contributed by atoms with Crippen molar-refractivity contribution >= 4 is 21.6 Å². The number of anilines is 1. The molecule has 1 amide bonds. The monoisotopic (exact) mass is 268 g/mol. The van der Waals surface area contributed by atoms with E-state index >= 15 is 0 Å². The molecule has 0 saturated carbocycles. The fraction of sp³-hybridized carbons (Fsp3) is 0.417. The maximum Gasteiger partial charge on any atom is 0.269 e. The van der Waals surface area contributed by atoms with Crippen molar-refractivity contribution in [3.63, 3.8) is 0 Å². The molecule has 5 nitrogen and oxygen atoms in total. The molecular formula is C12H16N2O3S.